The van der Waals surface area contributed by atoms with E-state index < -0.39 is 11.9 Å². The zero-order valence-corrected chi connectivity index (χ0v) is 15.0. The highest BCUT2D eigenvalue weighted by Gasteiger charge is 2.25. The molecular formula is C20H13NO5S. The van der Waals surface area contributed by atoms with Gasteiger partial charge in [0.25, 0.3) is 0 Å². The molecule has 6 nitrogen and oxygen atoms in total. The molecule has 0 spiro atoms. The minimum absolute atomic E-state index is 0.153. The van der Waals surface area contributed by atoms with Crippen LogP contribution >= 0.6 is 11.3 Å². The molecule has 27 heavy (non-hydrogen) atoms. The average molecular weight is 379 g/mol. The zero-order valence-electron chi connectivity index (χ0n) is 14.2. The topological polar surface area (TPSA) is 78.1 Å². The van der Waals surface area contributed by atoms with Crippen molar-refractivity contribution in [2.45, 2.75) is 0 Å². The van der Waals surface area contributed by atoms with E-state index in [1.54, 1.807) is 36.4 Å². The number of methoxy groups -OCH3 is 1. The number of hydrogen-bond donors (Lipinski definition) is 0. The smallest absolute Gasteiger partial charge is 0.363 e. The minimum Gasteiger partial charge on any atom is -0.465 e. The van der Waals surface area contributed by atoms with Gasteiger partial charge in [-0.25, -0.2) is 14.6 Å². The zero-order chi connectivity index (χ0) is 18.8. The van der Waals surface area contributed by atoms with Gasteiger partial charge in [-0.2, -0.15) is 0 Å². The van der Waals surface area contributed by atoms with Crippen molar-refractivity contribution in [1.29, 1.82) is 0 Å². The van der Waals surface area contributed by atoms with Crippen molar-refractivity contribution in [2.75, 3.05) is 7.11 Å². The van der Waals surface area contributed by atoms with E-state index in [0.29, 0.717) is 22.6 Å². The van der Waals surface area contributed by atoms with Gasteiger partial charge < -0.3 is 13.9 Å². The number of hydrogen-bond acceptors (Lipinski definition) is 7. The quantitative estimate of drug-likeness (QED) is 0.503. The van der Waals surface area contributed by atoms with Crippen LogP contribution in [0.4, 0.5) is 0 Å². The summed E-state index contributed by atoms with van der Waals surface area (Å²) in [5.41, 5.74) is 1.15. The number of carbonyl (C=O) groups excluding carboxylic acids is 2. The van der Waals surface area contributed by atoms with Gasteiger partial charge in [0, 0.05) is 11.6 Å². The van der Waals surface area contributed by atoms with Crippen molar-refractivity contribution in [3.63, 3.8) is 0 Å². The molecule has 0 unspecified atom stereocenters. The fourth-order valence-corrected chi connectivity index (χ4v) is 3.26. The summed E-state index contributed by atoms with van der Waals surface area (Å²) < 4.78 is 15.8. The fourth-order valence-electron chi connectivity index (χ4n) is 2.61. The molecule has 3 aromatic rings. The second-order valence-electron chi connectivity index (χ2n) is 5.55. The maximum absolute atomic E-state index is 12.0. The molecule has 0 saturated heterocycles. The second-order valence-corrected chi connectivity index (χ2v) is 6.50. The van der Waals surface area contributed by atoms with Crippen LogP contribution < -0.4 is 0 Å². The lowest BCUT2D eigenvalue weighted by molar-refractivity contribution is -0.129. The summed E-state index contributed by atoms with van der Waals surface area (Å²) in [5, 5.41) is 1.88. The summed E-state index contributed by atoms with van der Waals surface area (Å²) >= 11 is 1.44. The van der Waals surface area contributed by atoms with Gasteiger partial charge in [-0.05, 0) is 29.6 Å². The molecule has 7 heteroatoms. The van der Waals surface area contributed by atoms with E-state index in [0.717, 1.165) is 4.88 Å². The SMILES string of the molecule is COC(=O)c1ccccc1-c1ccc(/C=C2/N=C(c3cccs3)OC2=O)o1. The van der Waals surface area contributed by atoms with Crippen LogP contribution in [0.15, 0.2) is 69.0 Å². The van der Waals surface area contributed by atoms with E-state index in [-0.39, 0.29) is 11.6 Å². The van der Waals surface area contributed by atoms with Crippen LogP contribution in [0.2, 0.25) is 0 Å². The highest BCUT2D eigenvalue weighted by molar-refractivity contribution is 7.12. The third-order valence-electron chi connectivity index (χ3n) is 3.86. The first-order valence-electron chi connectivity index (χ1n) is 7.99. The molecule has 0 atom stereocenters. The molecule has 0 saturated carbocycles. The van der Waals surface area contributed by atoms with Crippen molar-refractivity contribution in [3.05, 3.63) is 75.8 Å². The summed E-state index contributed by atoms with van der Waals surface area (Å²) in [6.07, 6.45) is 1.51. The Morgan fingerprint density at radius 1 is 1.15 bits per heavy atom. The summed E-state index contributed by atoms with van der Waals surface area (Å²) in [6, 6.07) is 14.1. The van der Waals surface area contributed by atoms with Crippen LogP contribution in [-0.2, 0) is 14.3 Å². The van der Waals surface area contributed by atoms with E-state index in [1.807, 2.05) is 17.5 Å². The highest BCUT2D eigenvalue weighted by atomic mass is 32.1. The molecular weight excluding hydrogens is 366 g/mol. The molecule has 0 radical (unpaired) electrons. The van der Waals surface area contributed by atoms with Gasteiger partial charge in [-0.15, -0.1) is 11.3 Å². The van der Waals surface area contributed by atoms with Crippen LogP contribution in [0.1, 0.15) is 21.0 Å². The maximum atomic E-state index is 12.0. The lowest BCUT2D eigenvalue weighted by Crippen LogP contribution is -2.03. The Balaban J connectivity index is 1.65. The van der Waals surface area contributed by atoms with Crippen molar-refractivity contribution in [3.8, 4) is 11.3 Å². The van der Waals surface area contributed by atoms with Gasteiger partial charge in [0.2, 0.25) is 5.90 Å². The monoisotopic (exact) mass is 379 g/mol. The van der Waals surface area contributed by atoms with Gasteiger partial charge >= 0.3 is 11.9 Å². The number of carbonyl (C=O) groups is 2. The molecule has 1 aromatic carbocycles. The first-order chi connectivity index (χ1) is 13.2. The van der Waals surface area contributed by atoms with Crippen LogP contribution in [0.5, 0.6) is 0 Å². The molecule has 0 bridgehead atoms. The maximum Gasteiger partial charge on any atom is 0.363 e. The molecule has 1 aliphatic rings. The third-order valence-corrected chi connectivity index (χ3v) is 4.71. The highest BCUT2D eigenvalue weighted by Crippen LogP contribution is 2.28. The molecule has 1 aliphatic heterocycles. The van der Waals surface area contributed by atoms with E-state index >= 15 is 0 Å². The van der Waals surface area contributed by atoms with E-state index in [1.165, 1.54) is 24.5 Å². The van der Waals surface area contributed by atoms with Gasteiger partial charge in [0.1, 0.15) is 11.5 Å². The third kappa shape index (κ3) is 3.32. The number of cyclic esters (lactones) is 1. The van der Waals surface area contributed by atoms with Crippen LogP contribution in [0.25, 0.3) is 17.4 Å². The summed E-state index contributed by atoms with van der Waals surface area (Å²) in [6.45, 7) is 0. The predicted molar refractivity (Wildman–Crippen MR) is 100 cm³/mol. The van der Waals surface area contributed by atoms with E-state index in [4.69, 9.17) is 13.9 Å². The predicted octanol–water partition coefficient (Wildman–Crippen LogP) is 4.14. The molecule has 0 aliphatic carbocycles. The van der Waals surface area contributed by atoms with Crippen molar-refractivity contribution >= 4 is 35.2 Å². The van der Waals surface area contributed by atoms with Gasteiger partial charge in [0.05, 0.1) is 17.6 Å². The van der Waals surface area contributed by atoms with Crippen molar-refractivity contribution in [2.24, 2.45) is 4.99 Å². The Morgan fingerprint density at radius 2 is 2.00 bits per heavy atom. The lowest BCUT2D eigenvalue weighted by atomic mass is 10.1. The number of aliphatic imine (C=N–C) groups is 1. The van der Waals surface area contributed by atoms with Gasteiger partial charge in [-0.1, -0.05) is 24.3 Å². The Bertz CT molecular complexity index is 1080. The number of rotatable bonds is 4. The largest absolute Gasteiger partial charge is 0.465 e. The summed E-state index contributed by atoms with van der Waals surface area (Å²) in [4.78, 5) is 29.0. The number of esters is 2. The number of furan rings is 1. The Kier molecular flexibility index (Phi) is 4.43. The van der Waals surface area contributed by atoms with Crippen LogP contribution in [0, 0.1) is 0 Å². The van der Waals surface area contributed by atoms with Gasteiger partial charge in [-0.3, -0.25) is 0 Å². The molecule has 134 valence electrons. The Hall–Kier alpha value is -3.45. The minimum atomic E-state index is -0.536. The summed E-state index contributed by atoms with van der Waals surface area (Å²) in [5.74, 6) is 0.200. The van der Waals surface area contributed by atoms with Crippen molar-refractivity contribution < 1.29 is 23.5 Å². The first kappa shape index (κ1) is 17.0. The number of thiophene rings is 1. The summed E-state index contributed by atoms with van der Waals surface area (Å²) in [7, 11) is 1.33. The molecule has 2 aromatic heterocycles. The normalized spacial score (nSPS) is 14.9. The molecule has 4 rings (SSSR count). The van der Waals surface area contributed by atoms with Crippen LogP contribution in [-0.4, -0.2) is 24.9 Å². The fraction of sp³-hybridized carbons (Fsp3) is 0.0500. The molecule has 0 N–H and O–H groups in total. The average Bonchev–Trinajstić information content (AvgIpc) is 3.43. The van der Waals surface area contributed by atoms with E-state index in [9.17, 15) is 9.59 Å². The Labute approximate surface area is 158 Å². The van der Waals surface area contributed by atoms with Gasteiger partial charge in [0.15, 0.2) is 5.70 Å². The lowest BCUT2D eigenvalue weighted by Gasteiger charge is -2.04. The number of ether oxygens (including phenoxy) is 2. The Morgan fingerprint density at radius 3 is 2.78 bits per heavy atom. The molecule has 0 fully saturated rings. The number of nitrogens with zero attached hydrogens (tertiary/aromatic N) is 1. The standard InChI is InChI=1S/C20H13NO5S/c1-24-19(22)14-6-3-2-5-13(14)16-9-8-12(25-16)11-15-20(23)26-18(21-15)17-7-4-10-27-17/h2-11H,1H3/b15-11+. The molecule has 3 heterocycles. The van der Waals surface area contributed by atoms with E-state index in [2.05, 4.69) is 4.99 Å². The second kappa shape index (κ2) is 7.05. The first-order valence-corrected chi connectivity index (χ1v) is 8.87. The van der Waals surface area contributed by atoms with Crippen LogP contribution in [0.3, 0.4) is 0 Å². The molecule has 0 amide bonds. The number of benzene rings is 1. The van der Waals surface area contributed by atoms with Crippen molar-refractivity contribution in [1.82, 2.24) is 0 Å².